The minimum Gasteiger partial charge on any atom is -0.508 e. The summed E-state index contributed by atoms with van der Waals surface area (Å²) in [5.74, 6) is 6.74. The fourth-order valence-corrected chi connectivity index (χ4v) is 6.46. The Labute approximate surface area is 351 Å². The van der Waals surface area contributed by atoms with Gasteiger partial charge >= 0.3 is 11.9 Å². The number of carboxylic acid groups (broad SMARTS) is 1. The lowest BCUT2D eigenvalue weighted by atomic mass is 9.91. The van der Waals surface area contributed by atoms with Crippen LogP contribution in [0.1, 0.15) is 20.7 Å². The number of alkyl halides is 1. The van der Waals surface area contributed by atoms with E-state index in [-0.39, 0.29) is 35.4 Å². The number of carbonyl (C=O) groups is 2. The second-order valence-electron chi connectivity index (χ2n) is 12.6. The lowest BCUT2D eigenvalue weighted by Crippen LogP contribution is -2.08. The lowest BCUT2D eigenvalue weighted by Gasteiger charge is -2.17. The third-order valence-corrected chi connectivity index (χ3v) is 9.19. The van der Waals surface area contributed by atoms with Crippen molar-refractivity contribution in [2.24, 2.45) is 0 Å². The number of carboxylic acids is 1. The summed E-state index contributed by atoms with van der Waals surface area (Å²) in [7, 11) is 0. The number of aromatic hydroxyl groups is 1. The highest BCUT2D eigenvalue weighted by Gasteiger charge is 2.23. The van der Waals surface area contributed by atoms with Crippen LogP contribution in [0.4, 0.5) is 0 Å². The third-order valence-electron chi connectivity index (χ3n) is 8.87. The van der Waals surface area contributed by atoms with Gasteiger partial charge in [-0.25, -0.2) is 9.59 Å². The number of terminal acetylenes is 3. The van der Waals surface area contributed by atoms with Gasteiger partial charge in [0.2, 0.25) is 0 Å². The van der Waals surface area contributed by atoms with Gasteiger partial charge in [-0.3, -0.25) is 9.59 Å². The Hall–Kier alpha value is -8.04. The van der Waals surface area contributed by atoms with E-state index in [1.54, 1.807) is 60.7 Å². The number of esters is 1. The monoisotopic (exact) mass is 858 g/mol. The van der Waals surface area contributed by atoms with Crippen LogP contribution in [0, 0.1) is 37.0 Å². The Bertz CT molecular complexity index is 3080. The van der Waals surface area contributed by atoms with E-state index in [4.69, 9.17) is 37.6 Å². The Morgan fingerprint density at radius 1 is 0.617 bits per heavy atom. The van der Waals surface area contributed by atoms with E-state index in [1.165, 1.54) is 42.5 Å². The van der Waals surface area contributed by atoms with Gasteiger partial charge in [0.15, 0.2) is 17.5 Å². The van der Waals surface area contributed by atoms with Crippen molar-refractivity contribution in [3.05, 3.63) is 153 Å². The molecule has 0 radical (unpaired) electrons. The van der Waals surface area contributed by atoms with Gasteiger partial charge in [-0.2, -0.15) is 0 Å². The second kappa shape index (κ2) is 18.9. The van der Waals surface area contributed by atoms with Gasteiger partial charge in [0, 0.05) is 57.3 Å². The Morgan fingerprint density at radius 3 is 1.68 bits per heavy atom. The van der Waals surface area contributed by atoms with E-state index in [0.717, 1.165) is 10.9 Å². The first-order valence-corrected chi connectivity index (χ1v) is 19.0. The van der Waals surface area contributed by atoms with Gasteiger partial charge in [-0.15, -0.1) is 19.3 Å². The SMILES string of the molecule is C#CCBr.C#CCOC(=O)c1ccccc1-c1c2ccc(=O)cc-2oc2cc(OCC#C)ccc12.O=C(O)c1ccccc1-c1c2ccc(=O)cc-2oc2cc(O)ccc12. The summed E-state index contributed by atoms with van der Waals surface area (Å²) in [6.07, 6.45) is 15.2. The standard InChI is InChI=1S/C26H16O5.C20H12O5.C3H3Br/c1-3-13-29-18-10-12-22-24(16-18)31-23-15-17(27)9-11-21(23)25(22)19-7-5-6-8-20(19)26(28)30-14-4-2;21-11-5-7-15-17(9-11)25-18-10-12(22)6-8-16(18)19(15)13-3-1-2-4-14(13)20(23)24;1-2-3-4/h1-2,5-12,15-16H,13-14H2;1-10,21H,(H,23,24);1H,3H2. The molecule has 10 nitrogen and oxygen atoms in total. The molecule has 0 saturated heterocycles. The molecule has 0 atom stereocenters. The number of phenolic OH excluding ortho intramolecular Hbond substituents is 1. The van der Waals surface area contributed by atoms with E-state index < -0.39 is 11.9 Å². The molecule has 0 aromatic heterocycles. The second-order valence-corrected chi connectivity index (χ2v) is 13.2. The molecule has 60 heavy (non-hydrogen) atoms. The number of hydrogen-bond acceptors (Lipinski definition) is 9. The maximum atomic E-state index is 12.7. The molecule has 2 aliphatic heterocycles. The number of phenols is 1. The van der Waals surface area contributed by atoms with Gasteiger partial charge in [0.25, 0.3) is 0 Å². The lowest BCUT2D eigenvalue weighted by molar-refractivity contribution is 0.0557. The van der Waals surface area contributed by atoms with E-state index in [2.05, 4.69) is 33.7 Å². The Balaban J connectivity index is 0.000000188. The molecule has 0 unspecified atom stereocenters. The molecule has 0 bridgehead atoms. The van der Waals surface area contributed by atoms with Gasteiger partial charge in [-0.05, 0) is 71.8 Å². The molecular weight excluding hydrogens is 828 g/mol. The van der Waals surface area contributed by atoms with Gasteiger partial charge in [0.05, 0.1) is 16.5 Å². The minimum atomic E-state index is -1.04. The maximum Gasteiger partial charge on any atom is 0.339 e. The molecule has 2 N–H and O–H groups in total. The zero-order valence-corrected chi connectivity index (χ0v) is 33.0. The molecule has 0 amide bonds. The average Bonchev–Trinajstić information content (AvgIpc) is 3.25. The molecule has 2 heterocycles. The normalized spacial score (nSPS) is 10.3. The molecular formula is C49H31BrO10. The molecule has 11 heteroatoms. The van der Waals surface area contributed by atoms with Crippen LogP contribution >= 0.6 is 15.9 Å². The van der Waals surface area contributed by atoms with E-state index >= 15 is 0 Å². The fraction of sp³-hybridized carbons (Fsp3) is 0.0612. The van der Waals surface area contributed by atoms with Gasteiger partial charge in [-0.1, -0.05) is 70.1 Å². The molecule has 4 aliphatic rings. The van der Waals surface area contributed by atoms with Crippen LogP contribution < -0.4 is 15.6 Å². The number of benzene rings is 6. The summed E-state index contributed by atoms with van der Waals surface area (Å²) in [5, 5.41) is 21.3. The summed E-state index contributed by atoms with van der Waals surface area (Å²) >= 11 is 3.01. The Kier molecular flexibility index (Phi) is 13.1. The fourth-order valence-electron chi connectivity index (χ4n) is 6.46. The molecule has 4 aromatic carbocycles. The first kappa shape index (κ1) is 41.6. The number of hydrogen-bond donors (Lipinski definition) is 2. The van der Waals surface area contributed by atoms with E-state index in [0.29, 0.717) is 72.5 Å². The van der Waals surface area contributed by atoms with Crippen LogP contribution in [0.2, 0.25) is 0 Å². The highest BCUT2D eigenvalue weighted by Crippen LogP contribution is 2.43. The van der Waals surface area contributed by atoms with Crippen LogP contribution in [-0.2, 0) is 4.74 Å². The summed E-state index contributed by atoms with van der Waals surface area (Å²) < 4.78 is 22.4. The molecule has 0 spiro atoms. The van der Waals surface area contributed by atoms with Crippen molar-refractivity contribution in [3.8, 4) is 93.4 Å². The molecule has 294 valence electrons. The summed E-state index contributed by atoms with van der Waals surface area (Å²) in [6.45, 7) is -0.0191. The number of halogens is 1. The summed E-state index contributed by atoms with van der Waals surface area (Å²) in [4.78, 5) is 48.0. The quantitative estimate of drug-likeness (QED) is 0.0686. The van der Waals surface area contributed by atoms with Crippen molar-refractivity contribution in [2.75, 3.05) is 18.5 Å². The number of ether oxygens (including phenoxy) is 2. The van der Waals surface area contributed by atoms with E-state index in [9.17, 15) is 29.4 Å². The molecule has 2 aliphatic carbocycles. The number of rotatable bonds is 7. The zero-order valence-electron chi connectivity index (χ0n) is 31.4. The first-order chi connectivity index (χ1) is 29.1. The van der Waals surface area contributed by atoms with Crippen molar-refractivity contribution in [2.45, 2.75) is 0 Å². The smallest absolute Gasteiger partial charge is 0.339 e. The molecule has 4 aromatic rings. The molecule has 8 rings (SSSR count). The van der Waals surface area contributed by atoms with Crippen molar-refractivity contribution in [1.82, 2.24) is 0 Å². The van der Waals surface area contributed by atoms with Crippen LogP contribution in [-0.4, -0.2) is 40.7 Å². The van der Waals surface area contributed by atoms with Crippen molar-refractivity contribution < 1.29 is 38.1 Å². The van der Waals surface area contributed by atoms with Gasteiger partial charge in [0.1, 0.15) is 40.8 Å². The minimum absolute atomic E-state index is 0.0198. The van der Waals surface area contributed by atoms with Crippen LogP contribution in [0.15, 0.2) is 140 Å². The predicted octanol–water partition coefficient (Wildman–Crippen LogP) is 9.35. The largest absolute Gasteiger partial charge is 0.508 e. The third kappa shape index (κ3) is 9.06. The highest BCUT2D eigenvalue weighted by molar-refractivity contribution is 9.09. The number of aromatic carboxylic acids is 1. The zero-order chi connectivity index (χ0) is 42.8. The topological polar surface area (TPSA) is 153 Å². The average molecular weight is 860 g/mol. The molecule has 0 saturated carbocycles. The molecule has 0 fully saturated rings. The van der Waals surface area contributed by atoms with Crippen molar-refractivity contribution in [1.29, 1.82) is 0 Å². The number of fused-ring (bicyclic) bond motifs is 4. The van der Waals surface area contributed by atoms with Crippen LogP contribution in [0.25, 0.3) is 66.8 Å². The van der Waals surface area contributed by atoms with Gasteiger partial charge < -0.3 is 28.5 Å². The van der Waals surface area contributed by atoms with Crippen molar-refractivity contribution >= 4 is 49.8 Å². The summed E-state index contributed by atoms with van der Waals surface area (Å²) in [5.41, 5.74) is 4.78. The number of carbonyl (C=O) groups excluding carboxylic acids is 1. The predicted molar refractivity (Wildman–Crippen MR) is 234 cm³/mol. The van der Waals surface area contributed by atoms with Crippen LogP contribution in [0.5, 0.6) is 11.5 Å². The highest BCUT2D eigenvalue weighted by atomic mass is 79.9. The Morgan fingerprint density at radius 2 is 1.13 bits per heavy atom. The van der Waals surface area contributed by atoms with Crippen molar-refractivity contribution in [3.63, 3.8) is 0 Å². The first-order valence-electron chi connectivity index (χ1n) is 17.9. The maximum absolute atomic E-state index is 12.7. The summed E-state index contributed by atoms with van der Waals surface area (Å²) in [6, 6.07) is 32.6. The van der Waals surface area contributed by atoms with E-state index in [1.807, 2.05) is 18.2 Å². The van der Waals surface area contributed by atoms with Crippen LogP contribution in [0.3, 0.4) is 0 Å².